The summed E-state index contributed by atoms with van der Waals surface area (Å²) in [6.07, 6.45) is -2.29. The number of ether oxygens (including phenoxy) is 1. The Kier molecular flexibility index (Phi) is 3.76. The molecule has 108 valence electrons. The lowest BCUT2D eigenvalue weighted by Gasteiger charge is -2.28. The second-order valence-electron chi connectivity index (χ2n) is 4.19. The maximum absolute atomic E-state index is 13.0. The number of benzene rings is 1. The molecule has 1 aliphatic heterocycles. The summed E-state index contributed by atoms with van der Waals surface area (Å²) in [7, 11) is 0. The molecule has 1 aromatic rings. The molecule has 2 rings (SSSR count). The fourth-order valence-corrected chi connectivity index (χ4v) is 1.92. The Hall–Kier alpha value is -1.96. The minimum Gasteiger partial charge on any atom is -0.399 e. The molecule has 0 spiro atoms. The average Bonchev–Trinajstić information content (AvgIpc) is 2.76. The number of aryl methyl sites for hydroxylation is 1. The number of alkyl halides is 4. The summed E-state index contributed by atoms with van der Waals surface area (Å²) in [6, 6.07) is 4.10. The van der Waals surface area contributed by atoms with Gasteiger partial charge in [-0.15, -0.1) is 5.11 Å². The number of hydrogen-bond donors (Lipinski definition) is 1. The lowest BCUT2D eigenvalue weighted by molar-refractivity contribution is -0.201. The molecule has 8 heteroatoms. The van der Waals surface area contributed by atoms with E-state index in [2.05, 4.69) is 15.0 Å². The standard InChI is InChI=1S/C12H11F4N3O/c1-6-4-7(2-3-9(6)17)12(20-11(15)16)8(10(13)14)5-18-19-12/h2-5,10-11H,17H2,1H3. The minimum atomic E-state index is -3.29. The van der Waals surface area contributed by atoms with E-state index < -0.39 is 24.3 Å². The van der Waals surface area contributed by atoms with Crippen molar-refractivity contribution >= 4 is 5.69 Å². The third-order valence-electron chi connectivity index (χ3n) is 2.94. The first-order valence-electron chi connectivity index (χ1n) is 5.60. The maximum Gasteiger partial charge on any atom is 0.347 e. The van der Waals surface area contributed by atoms with E-state index in [9.17, 15) is 17.6 Å². The van der Waals surface area contributed by atoms with Crippen LogP contribution in [0.5, 0.6) is 0 Å². The quantitative estimate of drug-likeness (QED) is 0.680. The fourth-order valence-electron chi connectivity index (χ4n) is 1.92. The highest BCUT2D eigenvalue weighted by Gasteiger charge is 2.47. The molecule has 0 saturated heterocycles. The summed E-state index contributed by atoms with van der Waals surface area (Å²) in [6.45, 7) is -1.67. The predicted octanol–water partition coefficient (Wildman–Crippen LogP) is 3.58. The molecule has 0 saturated carbocycles. The van der Waals surface area contributed by atoms with Gasteiger partial charge in [0.2, 0.25) is 5.72 Å². The molecule has 0 fully saturated rings. The van der Waals surface area contributed by atoms with E-state index >= 15 is 0 Å². The van der Waals surface area contributed by atoms with Crippen molar-refractivity contribution in [2.75, 3.05) is 5.73 Å². The average molecular weight is 289 g/mol. The summed E-state index contributed by atoms with van der Waals surface area (Å²) in [5, 5.41) is 6.77. The van der Waals surface area contributed by atoms with E-state index in [-0.39, 0.29) is 5.56 Å². The molecule has 1 aromatic carbocycles. The summed E-state index contributed by atoms with van der Waals surface area (Å²) in [5.74, 6) is 0. The third kappa shape index (κ3) is 2.38. The van der Waals surface area contributed by atoms with Crippen LogP contribution in [0.15, 0.2) is 40.2 Å². The Morgan fingerprint density at radius 2 is 1.95 bits per heavy atom. The van der Waals surface area contributed by atoms with Gasteiger partial charge in [-0.25, -0.2) is 8.78 Å². The van der Waals surface area contributed by atoms with Crippen LogP contribution >= 0.6 is 0 Å². The number of nitrogens with two attached hydrogens (primary N) is 1. The van der Waals surface area contributed by atoms with Gasteiger partial charge in [0.1, 0.15) is 0 Å². The first-order valence-corrected chi connectivity index (χ1v) is 5.60. The first kappa shape index (κ1) is 14.4. The predicted molar refractivity (Wildman–Crippen MR) is 63.3 cm³/mol. The van der Waals surface area contributed by atoms with Gasteiger partial charge in [-0.1, -0.05) is 6.07 Å². The molecule has 1 aliphatic rings. The van der Waals surface area contributed by atoms with E-state index in [1.54, 1.807) is 6.92 Å². The Morgan fingerprint density at radius 3 is 2.50 bits per heavy atom. The lowest BCUT2D eigenvalue weighted by atomic mass is 9.94. The van der Waals surface area contributed by atoms with Gasteiger partial charge >= 0.3 is 6.61 Å². The molecule has 0 amide bonds. The zero-order valence-electron chi connectivity index (χ0n) is 10.4. The van der Waals surface area contributed by atoms with Crippen molar-refractivity contribution in [2.45, 2.75) is 25.7 Å². The zero-order chi connectivity index (χ0) is 14.9. The van der Waals surface area contributed by atoms with Crippen LogP contribution in [0.2, 0.25) is 0 Å². The van der Waals surface area contributed by atoms with Crippen LogP contribution in [-0.4, -0.2) is 13.0 Å². The Balaban J connectivity index is 2.55. The summed E-state index contributed by atoms with van der Waals surface area (Å²) < 4.78 is 55.6. The van der Waals surface area contributed by atoms with Crippen molar-refractivity contribution in [2.24, 2.45) is 10.2 Å². The van der Waals surface area contributed by atoms with Crippen molar-refractivity contribution in [1.29, 1.82) is 0 Å². The SMILES string of the molecule is Cc1cc(C2(OC(F)F)N=NC=C2C(F)F)ccc1N. The second kappa shape index (κ2) is 5.20. The van der Waals surface area contributed by atoms with Crippen LogP contribution in [0, 0.1) is 6.92 Å². The molecular weight excluding hydrogens is 278 g/mol. The first-order chi connectivity index (χ1) is 9.36. The highest BCUT2D eigenvalue weighted by molar-refractivity contribution is 5.50. The summed E-state index contributed by atoms with van der Waals surface area (Å²) >= 11 is 0. The monoisotopic (exact) mass is 289 g/mol. The molecule has 1 heterocycles. The van der Waals surface area contributed by atoms with E-state index in [1.165, 1.54) is 18.2 Å². The van der Waals surface area contributed by atoms with E-state index in [4.69, 9.17) is 5.73 Å². The number of anilines is 1. The van der Waals surface area contributed by atoms with Crippen molar-refractivity contribution in [1.82, 2.24) is 0 Å². The number of nitrogen functional groups attached to an aromatic ring is 1. The fraction of sp³-hybridized carbons (Fsp3) is 0.333. The van der Waals surface area contributed by atoms with Gasteiger partial charge in [0.05, 0.1) is 11.8 Å². The molecule has 0 radical (unpaired) electrons. The van der Waals surface area contributed by atoms with E-state index in [0.717, 1.165) is 6.20 Å². The summed E-state index contributed by atoms with van der Waals surface area (Å²) in [4.78, 5) is 0. The van der Waals surface area contributed by atoms with Crippen LogP contribution in [0.25, 0.3) is 0 Å². The van der Waals surface area contributed by atoms with Crippen LogP contribution in [0.1, 0.15) is 11.1 Å². The molecular formula is C12H11F4N3O. The largest absolute Gasteiger partial charge is 0.399 e. The van der Waals surface area contributed by atoms with Crippen molar-refractivity contribution in [3.8, 4) is 0 Å². The third-order valence-corrected chi connectivity index (χ3v) is 2.94. The molecule has 1 atom stereocenters. The normalized spacial score (nSPS) is 21.9. The number of halogens is 4. The molecule has 0 aliphatic carbocycles. The Morgan fingerprint density at radius 1 is 1.25 bits per heavy atom. The van der Waals surface area contributed by atoms with Gasteiger partial charge in [-0.05, 0) is 24.6 Å². The van der Waals surface area contributed by atoms with Gasteiger partial charge in [-0.3, -0.25) is 4.74 Å². The molecule has 0 bridgehead atoms. The molecule has 0 aromatic heterocycles. The number of rotatable bonds is 4. The van der Waals surface area contributed by atoms with Crippen LogP contribution < -0.4 is 5.73 Å². The topological polar surface area (TPSA) is 60.0 Å². The Bertz CT molecular complexity index is 574. The maximum atomic E-state index is 13.0. The molecule has 1 unspecified atom stereocenters. The van der Waals surface area contributed by atoms with E-state index in [0.29, 0.717) is 11.3 Å². The Labute approximate surface area is 111 Å². The molecule has 20 heavy (non-hydrogen) atoms. The van der Waals surface area contributed by atoms with Gasteiger partial charge in [-0.2, -0.15) is 13.9 Å². The van der Waals surface area contributed by atoms with Gasteiger partial charge in [0.15, 0.2) is 0 Å². The number of hydrogen-bond acceptors (Lipinski definition) is 4. The highest BCUT2D eigenvalue weighted by Crippen LogP contribution is 2.44. The lowest BCUT2D eigenvalue weighted by Crippen LogP contribution is -2.33. The second-order valence-corrected chi connectivity index (χ2v) is 4.19. The van der Waals surface area contributed by atoms with Crippen molar-refractivity contribution in [3.05, 3.63) is 41.1 Å². The van der Waals surface area contributed by atoms with Gasteiger partial charge in [0, 0.05) is 11.3 Å². The smallest absolute Gasteiger partial charge is 0.347 e. The molecule has 2 N–H and O–H groups in total. The van der Waals surface area contributed by atoms with Crippen molar-refractivity contribution in [3.63, 3.8) is 0 Å². The van der Waals surface area contributed by atoms with Gasteiger partial charge < -0.3 is 5.73 Å². The van der Waals surface area contributed by atoms with Crippen LogP contribution in [-0.2, 0) is 10.5 Å². The number of azo groups is 1. The number of nitrogens with zero attached hydrogens (tertiary/aromatic N) is 2. The summed E-state index contributed by atoms with van der Waals surface area (Å²) in [5.41, 5.74) is 3.55. The van der Waals surface area contributed by atoms with Gasteiger partial charge in [0.25, 0.3) is 6.43 Å². The highest BCUT2D eigenvalue weighted by atomic mass is 19.3. The minimum absolute atomic E-state index is 0.0253. The van der Waals surface area contributed by atoms with Crippen LogP contribution in [0.4, 0.5) is 23.2 Å². The van der Waals surface area contributed by atoms with E-state index in [1.807, 2.05) is 0 Å². The zero-order valence-corrected chi connectivity index (χ0v) is 10.4. The van der Waals surface area contributed by atoms with Crippen LogP contribution in [0.3, 0.4) is 0 Å². The van der Waals surface area contributed by atoms with Crippen molar-refractivity contribution < 1.29 is 22.3 Å². The molecule has 4 nitrogen and oxygen atoms in total.